The summed E-state index contributed by atoms with van der Waals surface area (Å²) in [6.45, 7) is 1.80. The Bertz CT molecular complexity index is 952. The number of esters is 1. The van der Waals surface area contributed by atoms with Crippen molar-refractivity contribution in [1.82, 2.24) is 5.32 Å². The van der Waals surface area contributed by atoms with E-state index in [-0.39, 0.29) is 19.1 Å². The number of carbonyl (C=O) groups excluding carboxylic acids is 2. The second-order valence-electron chi connectivity index (χ2n) is 6.16. The zero-order valence-electron chi connectivity index (χ0n) is 15.1. The summed E-state index contributed by atoms with van der Waals surface area (Å²) in [6, 6.07) is 21.2. The molecule has 0 aromatic heterocycles. The molecule has 0 aliphatic rings. The number of benzene rings is 3. The van der Waals surface area contributed by atoms with Crippen LogP contribution in [0.5, 0.6) is 5.75 Å². The van der Waals surface area contributed by atoms with E-state index < -0.39 is 5.97 Å². The van der Waals surface area contributed by atoms with E-state index in [9.17, 15) is 9.59 Å². The standard InChI is InChI=1S/C22H21NO4/c1-16-6-2-3-9-19(16)13-23-21(24)14-27-22(25)15-26-20-11-10-17-7-4-5-8-18(17)12-20/h2-12H,13-15H2,1H3,(H,23,24). The molecule has 0 bridgehead atoms. The van der Waals surface area contributed by atoms with Gasteiger partial charge in [0, 0.05) is 6.54 Å². The number of carbonyl (C=O) groups is 2. The summed E-state index contributed by atoms with van der Waals surface area (Å²) in [7, 11) is 0. The predicted octanol–water partition coefficient (Wildman–Crippen LogP) is 3.39. The molecule has 5 heteroatoms. The molecule has 0 aliphatic heterocycles. The molecule has 3 aromatic rings. The Morgan fingerprint density at radius 2 is 1.63 bits per heavy atom. The fourth-order valence-electron chi connectivity index (χ4n) is 2.64. The molecular formula is C22H21NO4. The van der Waals surface area contributed by atoms with Gasteiger partial charge in [-0.15, -0.1) is 0 Å². The fraction of sp³-hybridized carbons (Fsp3) is 0.182. The Balaban J connectivity index is 1.41. The van der Waals surface area contributed by atoms with E-state index in [4.69, 9.17) is 9.47 Å². The van der Waals surface area contributed by atoms with Crippen LogP contribution in [0.3, 0.4) is 0 Å². The molecule has 3 aromatic carbocycles. The second-order valence-corrected chi connectivity index (χ2v) is 6.16. The lowest BCUT2D eigenvalue weighted by Crippen LogP contribution is -2.29. The number of hydrogen-bond acceptors (Lipinski definition) is 4. The lowest BCUT2D eigenvalue weighted by Gasteiger charge is -2.09. The summed E-state index contributed by atoms with van der Waals surface area (Å²) in [5, 5.41) is 4.85. The maximum atomic E-state index is 11.8. The fourth-order valence-corrected chi connectivity index (χ4v) is 2.64. The summed E-state index contributed by atoms with van der Waals surface area (Å²) in [4.78, 5) is 23.6. The highest BCUT2D eigenvalue weighted by atomic mass is 16.6. The highest BCUT2D eigenvalue weighted by molar-refractivity contribution is 5.84. The lowest BCUT2D eigenvalue weighted by atomic mass is 10.1. The van der Waals surface area contributed by atoms with Gasteiger partial charge in [0.05, 0.1) is 0 Å². The molecule has 1 amide bonds. The first kappa shape index (κ1) is 18.5. The average molecular weight is 363 g/mol. The van der Waals surface area contributed by atoms with Gasteiger partial charge in [-0.25, -0.2) is 4.79 Å². The Kier molecular flexibility index (Phi) is 6.05. The summed E-state index contributed by atoms with van der Waals surface area (Å²) < 4.78 is 10.4. The Hall–Kier alpha value is -3.34. The van der Waals surface area contributed by atoms with Crippen molar-refractivity contribution in [2.45, 2.75) is 13.5 Å². The van der Waals surface area contributed by atoms with E-state index in [0.717, 1.165) is 21.9 Å². The van der Waals surface area contributed by atoms with Crippen molar-refractivity contribution in [2.75, 3.05) is 13.2 Å². The number of aryl methyl sites for hydroxylation is 1. The van der Waals surface area contributed by atoms with Crippen LogP contribution in [0.1, 0.15) is 11.1 Å². The summed E-state index contributed by atoms with van der Waals surface area (Å²) >= 11 is 0. The molecule has 0 aliphatic carbocycles. The highest BCUT2D eigenvalue weighted by Gasteiger charge is 2.09. The number of fused-ring (bicyclic) bond motifs is 1. The molecule has 0 fully saturated rings. The quantitative estimate of drug-likeness (QED) is 0.654. The molecule has 0 saturated heterocycles. The van der Waals surface area contributed by atoms with Gasteiger partial charge in [0.15, 0.2) is 13.2 Å². The van der Waals surface area contributed by atoms with Gasteiger partial charge in [-0.05, 0) is 41.0 Å². The zero-order valence-corrected chi connectivity index (χ0v) is 15.1. The van der Waals surface area contributed by atoms with E-state index in [2.05, 4.69) is 5.32 Å². The van der Waals surface area contributed by atoms with E-state index in [1.807, 2.05) is 67.6 Å². The van der Waals surface area contributed by atoms with Gasteiger partial charge in [0.1, 0.15) is 5.75 Å². The third-order valence-corrected chi connectivity index (χ3v) is 4.18. The van der Waals surface area contributed by atoms with Crippen LogP contribution in [0.2, 0.25) is 0 Å². The van der Waals surface area contributed by atoms with Gasteiger partial charge in [0.25, 0.3) is 5.91 Å². The monoisotopic (exact) mass is 363 g/mol. The molecular weight excluding hydrogens is 342 g/mol. The van der Waals surface area contributed by atoms with Gasteiger partial charge >= 0.3 is 5.97 Å². The summed E-state index contributed by atoms with van der Waals surface area (Å²) in [6.07, 6.45) is 0. The Labute approximate surface area is 157 Å². The second kappa shape index (κ2) is 8.85. The average Bonchev–Trinajstić information content (AvgIpc) is 2.70. The van der Waals surface area contributed by atoms with Crippen LogP contribution >= 0.6 is 0 Å². The molecule has 0 heterocycles. The number of ether oxygens (including phenoxy) is 2. The van der Waals surface area contributed by atoms with Crippen molar-refractivity contribution in [1.29, 1.82) is 0 Å². The van der Waals surface area contributed by atoms with E-state index >= 15 is 0 Å². The number of rotatable bonds is 7. The van der Waals surface area contributed by atoms with Gasteiger partial charge in [0.2, 0.25) is 0 Å². The highest BCUT2D eigenvalue weighted by Crippen LogP contribution is 2.20. The van der Waals surface area contributed by atoms with Crippen molar-refractivity contribution in [3.63, 3.8) is 0 Å². The predicted molar refractivity (Wildman–Crippen MR) is 103 cm³/mol. The first-order valence-electron chi connectivity index (χ1n) is 8.70. The number of hydrogen-bond donors (Lipinski definition) is 1. The lowest BCUT2D eigenvalue weighted by molar-refractivity contribution is -0.150. The van der Waals surface area contributed by atoms with Crippen molar-refractivity contribution in [3.8, 4) is 5.75 Å². The first-order chi connectivity index (χ1) is 13.1. The first-order valence-corrected chi connectivity index (χ1v) is 8.70. The minimum absolute atomic E-state index is 0.247. The third-order valence-electron chi connectivity index (χ3n) is 4.18. The van der Waals surface area contributed by atoms with Crippen LogP contribution in [-0.4, -0.2) is 25.1 Å². The van der Waals surface area contributed by atoms with Crippen molar-refractivity contribution in [3.05, 3.63) is 77.9 Å². The maximum absolute atomic E-state index is 11.8. The zero-order chi connectivity index (χ0) is 19.1. The molecule has 5 nitrogen and oxygen atoms in total. The van der Waals surface area contributed by atoms with Crippen LogP contribution in [0, 0.1) is 6.92 Å². The molecule has 27 heavy (non-hydrogen) atoms. The minimum atomic E-state index is -0.589. The van der Waals surface area contributed by atoms with E-state index in [1.165, 1.54) is 0 Å². The van der Waals surface area contributed by atoms with Crippen molar-refractivity contribution in [2.24, 2.45) is 0 Å². The van der Waals surface area contributed by atoms with Crippen LogP contribution in [0.25, 0.3) is 10.8 Å². The Morgan fingerprint density at radius 3 is 2.44 bits per heavy atom. The minimum Gasteiger partial charge on any atom is -0.482 e. The molecule has 3 rings (SSSR count). The normalized spacial score (nSPS) is 10.4. The van der Waals surface area contributed by atoms with E-state index in [1.54, 1.807) is 6.07 Å². The van der Waals surface area contributed by atoms with Crippen LogP contribution in [-0.2, 0) is 20.9 Å². The van der Waals surface area contributed by atoms with Crippen molar-refractivity contribution < 1.29 is 19.1 Å². The van der Waals surface area contributed by atoms with Gasteiger partial charge in [-0.2, -0.15) is 0 Å². The molecule has 0 saturated carbocycles. The smallest absolute Gasteiger partial charge is 0.344 e. The topological polar surface area (TPSA) is 64.6 Å². The molecule has 138 valence electrons. The van der Waals surface area contributed by atoms with Gasteiger partial charge in [-0.3, -0.25) is 4.79 Å². The number of nitrogens with one attached hydrogen (secondary N) is 1. The Morgan fingerprint density at radius 1 is 0.889 bits per heavy atom. The number of amides is 1. The largest absolute Gasteiger partial charge is 0.482 e. The van der Waals surface area contributed by atoms with Crippen LogP contribution < -0.4 is 10.1 Å². The van der Waals surface area contributed by atoms with E-state index in [0.29, 0.717) is 12.3 Å². The van der Waals surface area contributed by atoms with Gasteiger partial charge < -0.3 is 14.8 Å². The third kappa shape index (κ3) is 5.31. The molecule has 0 unspecified atom stereocenters. The summed E-state index contributed by atoms with van der Waals surface area (Å²) in [5.41, 5.74) is 2.12. The summed E-state index contributed by atoms with van der Waals surface area (Å²) in [5.74, 6) is -0.360. The maximum Gasteiger partial charge on any atom is 0.344 e. The molecule has 1 N–H and O–H groups in total. The molecule has 0 atom stereocenters. The van der Waals surface area contributed by atoms with Crippen molar-refractivity contribution >= 4 is 22.6 Å². The van der Waals surface area contributed by atoms with Crippen LogP contribution in [0.4, 0.5) is 0 Å². The SMILES string of the molecule is Cc1ccccc1CNC(=O)COC(=O)COc1ccc2ccccc2c1. The van der Waals surface area contributed by atoms with Crippen LogP contribution in [0.15, 0.2) is 66.7 Å². The molecule has 0 radical (unpaired) electrons. The molecule has 0 spiro atoms. The van der Waals surface area contributed by atoms with Gasteiger partial charge in [-0.1, -0.05) is 54.6 Å².